The number of hydrogen-bond acceptors (Lipinski definition) is 7. The van der Waals surface area contributed by atoms with Gasteiger partial charge in [-0.15, -0.1) is 0 Å². The first kappa shape index (κ1) is 28.3. The van der Waals surface area contributed by atoms with Crippen LogP contribution in [-0.2, 0) is 9.53 Å². The van der Waals surface area contributed by atoms with Gasteiger partial charge in [0.15, 0.2) is 5.78 Å². The van der Waals surface area contributed by atoms with Crippen molar-refractivity contribution >= 4 is 17.4 Å². The number of hydrogen-bond donors (Lipinski definition) is 1. The van der Waals surface area contributed by atoms with Crippen molar-refractivity contribution in [1.82, 2.24) is 10.1 Å². The number of anilines is 1. The molecule has 1 saturated carbocycles. The molecular formula is C34H37N3O4. The maximum absolute atomic E-state index is 12.6. The number of rotatable bonds is 12. The summed E-state index contributed by atoms with van der Waals surface area (Å²) in [6.45, 7) is 2.14. The standard InChI is InChI=1S/C34H37N3O4/c1-2-40-31(39)15-9-14-30(38)24-20-22-29(23-21-24)35-32(25-10-5-3-6-11-25)26-16-18-27(19-17-26)33-36-34(41-37-33)28-12-7-4-8-13-28/h4,7-8,12-13,16-23,25,32,35H,2-3,5-6,9-11,14-15H2,1H3. The molecule has 1 aromatic heterocycles. The summed E-state index contributed by atoms with van der Waals surface area (Å²) in [5, 5.41) is 7.97. The molecule has 0 bridgehead atoms. The minimum Gasteiger partial charge on any atom is -0.466 e. The van der Waals surface area contributed by atoms with Gasteiger partial charge in [0.2, 0.25) is 5.82 Å². The number of nitrogens with one attached hydrogen (secondary N) is 1. The molecule has 1 aliphatic carbocycles. The second-order valence-corrected chi connectivity index (χ2v) is 10.6. The summed E-state index contributed by atoms with van der Waals surface area (Å²) >= 11 is 0. The van der Waals surface area contributed by atoms with Crippen LogP contribution in [0.5, 0.6) is 0 Å². The number of nitrogens with zero attached hydrogens (tertiary/aromatic N) is 2. The predicted molar refractivity (Wildman–Crippen MR) is 159 cm³/mol. The van der Waals surface area contributed by atoms with Crippen LogP contribution in [0.4, 0.5) is 5.69 Å². The van der Waals surface area contributed by atoms with E-state index in [-0.39, 0.29) is 24.2 Å². The molecule has 0 spiro atoms. The summed E-state index contributed by atoms with van der Waals surface area (Å²) < 4.78 is 10.5. The number of aromatic nitrogens is 2. The third-order valence-corrected chi connectivity index (χ3v) is 7.72. The van der Waals surface area contributed by atoms with Crippen molar-refractivity contribution in [1.29, 1.82) is 0 Å². The van der Waals surface area contributed by atoms with Crippen molar-refractivity contribution in [2.24, 2.45) is 5.92 Å². The molecule has 0 radical (unpaired) electrons. The quantitative estimate of drug-likeness (QED) is 0.141. The Balaban J connectivity index is 1.27. The molecule has 1 atom stereocenters. The average Bonchev–Trinajstić information content (AvgIpc) is 3.52. The van der Waals surface area contributed by atoms with Gasteiger partial charge in [-0.1, -0.05) is 66.9 Å². The maximum atomic E-state index is 12.6. The van der Waals surface area contributed by atoms with E-state index in [0.717, 1.165) is 16.8 Å². The van der Waals surface area contributed by atoms with Gasteiger partial charge in [0.1, 0.15) is 0 Å². The molecule has 0 saturated heterocycles. The fraction of sp³-hybridized carbons (Fsp3) is 0.353. The fourth-order valence-corrected chi connectivity index (χ4v) is 5.52. The van der Waals surface area contributed by atoms with E-state index >= 15 is 0 Å². The third-order valence-electron chi connectivity index (χ3n) is 7.72. The normalized spacial score (nSPS) is 14.4. The third kappa shape index (κ3) is 7.48. The molecule has 1 fully saturated rings. The van der Waals surface area contributed by atoms with Gasteiger partial charge >= 0.3 is 5.97 Å². The Labute approximate surface area is 241 Å². The van der Waals surface area contributed by atoms with Crippen LogP contribution in [0.1, 0.15) is 80.3 Å². The lowest BCUT2D eigenvalue weighted by Gasteiger charge is -2.32. The van der Waals surface area contributed by atoms with Gasteiger partial charge in [-0.25, -0.2) is 0 Å². The Morgan fingerprint density at radius 1 is 0.902 bits per heavy atom. The van der Waals surface area contributed by atoms with E-state index in [4.69, 9.17) is 9.26 Å². The number of carbonyl (C=O) groups excluding carboxylic acids is 2. The number of ether oxygens (including phenoxy) is 1. The van der Waals surface area contributed by atoms with E-state index in [1.54, 1.807) is 6.92 Å². The molecule has 7 nitrogen and oxygen atoms in total. The minimum absolute atomic E-state index is 0.0390. The van der Waals surface area contributed by atoms with Gasteiger partial charge in [-0.2, -0.15) is 4.98 Å². The molecule has 7 heteroatoms. The number of esters is 1. The SMILES string of the molecule is CCOC(=O)CCCC(=O)c1ccc(NC(c2ccc(-c3noc(-c4ccccc4)n3)cc2)C2CCCCC2)cc1. The van der Waals surface area contributed by atoms with Crippen molar-refractivity contribution < 1.29 is 18.8 Å². The molecule has 41 heavy (non-hydrogen) atoms. The van der Waals surface area contributed by atoms with Crippen molar-refractivity contribution in [3.8, 4) is 22.8 Å². The van der Waals surface area contributed by atoms with Gasteiger partial charge in [-0.3, -0.25) is 9.59 Å². The summed E-state index contributed by atoms with van der Waals surface area (Å²) in [5.74, 6) is 1.38. The lowest BCUT2D eigenvalue weighted by Crippen LogP contribution is -2.23. The van der Waals surface area contributed by atoms with Crippen LogP contribution in [-0.4, -0.2) is 28.5 Å². The van der Waals surface area contributed by atoms with Crippen molar-refractivity contribution in [3.05, 3.63) is 90.0 Å². The fourth-order valence-electron chi connectivity index (χ4n) is 5.52. The van der Waals surface area contributed by atoms with Gasteiger partial charge in [0.25, 0.3) is 5.89 Å². The zero-order valence-electron chi connectivity index (χ0n) is 23.6. The first-order valence-electron chi connectivity index (χ1n) is 14.7. The summed E-state index contributed by atoms with van der Waals surface area (Å²) in [7, 11) is 0. The number of ketones is 1. The lowest BCUT2D eigenvalue weighted by molar-refractivity contribution is -0.143. The Kier molecular flexibility index (Phi) is 9.57. The van der Waals surface area contributed by atoms with Gasteiger partial charge in [0, 0.05) is 35.2 Å². The van der Waals surface area contributed by atoms with Crippen LogP contribution < -0.4 is 5.32 Å². The number of Topliss-reactive ketones (excluding diaryl/α,β-unsaturated/α-hetero) is 1. The Hall–Kier alpha value is -4.26. The molecule has 212 valence electrons. The van der Waals surface area contributed by atoms with Crippen LogP contribution in [0, 0.1) is 5.92 Å². The van der Waals surface area contributed by atoms with Crippen LogP contribution in [0.3, 0.4) is 0 Å². The second-order valence-electron chi connectivity index (χ2n) is 10.6. The first-order chi connectivity index (χ1) is 20.1. The van der Waals surface area contributed by atoms with Gasteiger partial charge < -0.3 is 14.6 Å². The highest BCUT2D eigenvalue weighted by atomic mass is 16.5. The first-order valence-corrected chi connectivity index (χ1v) is 14.7. The molecule has 0 aliphatic heterocycles. The summed E-state index contributed by atoms with van der Waals surface area (Å²) in [4.78, 5) is 28.8. The number of benzene rings is 3. The highest BCUT2D eigenvalue weighted by molar-refractivity contribution is 5.96. The van der Waals surface area contributed by atoms with Crippen molar-refractivity contribution in [3.63, 3.8) is 0 Å². The van der Waals surface area contributed by atoms with Crippen LogP contribution >= 0.6 is 0 Å². The van der Waals surface area contributed by atoms with E-state index < -0.39 is 0 Å². The van der Waals surface area contributed by atoms with E-state index in [0.29, 0.717) is 42.6 Å². The second kappa shape index (κ2) is 13.9. The van der Waals surface area contributed by atoms with Crippen LogP contribution in [0.2, 0.25) is 0 Å². The Bertz CT molecular complexity index is 1410. The molecule has 0 amide bonds. The van der Waals surface area contributed by atoms with E-state index in [1.807, 2.05) is 54.6 Å². The molecule has 1 heterocycles. The monoisotopic (exact) mass is 551 g/mol. The van der Waals surface area contributed by atoms with Crippen molar-refractivity contribution in [2.45, 2.75) is 64.3 Å². The van der Waals surface area contributed by atoms with Crippen LogP contribution in [0.15, 0.2) is 83.4 Å². The largest absolute Gasteiger partial charge is 0.466 e. The average molecular weight is 552 g/mol. The molecule has 1 aliphatic rings. The molecular weight excluding hydrogens is 514 g/mol. The topological polar surface area (TPSA) is 94.3 Å². The summed E-state index contributed by atoms with van der Waals surface area (Å²) in [5.41, 5.74) is 4.67. The van der Waals surface area contributed by atoms with Gasteiger partial charge in [0.05, 0.1) is 12.6 Å². The zero-order chi connectivity index (χ0) is 28.4. The van der Waals surface area contributed by atoms with Gasteiger partial charge in [-0.05, 0) is 74.1 Å². The van der Waals surface area contributed by atoms with Crippen molar-refractivity contribution in [2.75, 3.05) is 11.9 Å². The predicted octanol–water partition coefficient (Wildman–Crippen LogP) is 8.05. The molecule has 4 aromatic rings. The minimum atomic E-state index is -0.254. The van der Waals surface area contributed by atoms with E-state index in [1.165, 1.54) is 37.7 Å². The molecule has 1 unspecified atom stereocenters. The highest BCUT2D eigenvalue weighted by Gasteiger charge is 2.25. The smallest absolute Gasteiger partial charge is 0.305 e. The molecule has 1 N–H and O–H groups in total. The molecule has 3 aromatic carbocycles. The zero-order valence-corrected chi connectivity index (χ0v) is 23.6. The highest BCUT2D eigenvalue weighted by Crippen LogP contribution is 2.37. The summed E-state index contributed by atoms with van der Waals surface area (Å²) in [6, 6.07) is 26.1. The van der Waals surface area contributed by atoms with E-state index in [2.05, 4.69) is 39.7 Å². The Morgan fingerprint density at radius 3 is 2.34 bits per heavy atom. The Morgan fingerprint density at radius 2 is 1.63 bits per heavy atom. The summed E-state index contributed by atoms with van der Waals surface area (Å²) in [6.07, 6.45) is 7.23. The van der Waals surface area contributed by atoms with E-state index in [9.17, 15) is 9.59 Å². The lowest BCUT2D eigenvalue weighted by atomic mass is 9.81. The maximum Gasteiger partial charge on any atom is 0.305 e. The molecule has 5 rings (SSSR count). The van der Waals surface area contributed by atoms with Crippen LogP contribution in [0.25, 0.3) is 22.8 Å². The number of carbonyl (C=O) groups is 2.